The van der Waals surface area contributed by atoms with Crippen molar-refractivity contribution in [2.24, 2.45) is 5.41 Å². The quantitative estimate of drug-likeness (QED) is 0.617. The van der Waals surface area contributed by atoms with E-state index in [1.807, 2.05) is 13.8 Å². The monoisotopic (exact) mass is 296 g/mol. The molecule has 6 heteroatoms. The molecular formula is C14H20N2O3S. The number of hydrogen-bond acceptors (Lipinski definition) is 6. The lowest BCUT2D eigenvalue weighted by molar-refractivity contribution is -0.158. The predicted octanol–water partition coefficient (Wildman–Crippen LogP) is 2.91. The van der Waals surface area contributed by atoms with Crippen LogP contribution in [0.15, 0.2) is 11.6 Å². The summed E-state index contributed by atoms with van der Waals surface area (Å²) in [5.41, 5.74) is 1.49. The normalized spacial score (nSPS) is 22.2. The van der Waals surface area contributed by atoms with Gasteiger partial charge in [-0.25, -0.2) is 0 Å². The van der Waals surface area contributed by atoms with Crippen molar-refractivity contribution >= 4 is 17.7 Å². The molecule has 1 aromatic heterocycles. The molecule has 0 saturated carbocycles. The maximum atomic E-state index is 12.3. The summed E-state index contributed by atoms with van der Waals surface area (Å²) in [6.45, 7) is 6.44. The average molecular weight is 296 g/mol. The Balaban J connectivity index is 2.11. The Labute approximate surface area is 123 Å². The van der Waals surface area contributed by atoms with E-state index < -0.39 is 5.41 Å². The lowest BCUT2D eigenvalue weighted by atomic mass is 9.75. The highest BCUT2D eigenvalue weighted by atomic mass is 32.1. The summed E-state index contributed by atoms with van der Waals surface area (Å²) in [5.74, 6) is 0.342. The van der Waals surface area contributed by atoms with Crippen LogP contribution in [0, 0.1) is 12.3 Å². The average Bonchev–Trinajstić information content (AvgIpc) is 2.84. The third kappa shape index (κ3) is 3.17. The summed E-state index contributed by atoms with van der Waals surface area (Å²) >= 11 is 1.12. The standard InChI is InChI=1S/C14H20N2O3S/c1-4-18-13(17)14(7-5-10(2)6-8-14)9-19-12-11(3)15-20-16-12/h5H,4,6-9H2,1-3H3. The first kappa shape index (κ1) is 15.0. The zero-order chi connectivity index (χ0) is 14.6. The second kappa shape index (κ2) is 6.35. The van der Waals surface area contributed by atoms with E-state index in [9.17, 15) is 4.79 Å². The van der Waals surface area contributed by atoms with Gasteiger partial charge in [0, 0.05) is 0 Å². The first-order valence-corrected chi connectivity index (χ1v) is 7.55. The fraction of sp³-hybridized carbons (Fsp3) is 0.643. The highest BCUT2D eigenvalue weighted by molar-refractivity contribution is 6.99. The van der Waals surface area contributed by atoms with Gasteiger partial charge in [-0.1, -0.05) is 11.6 Å². The van der Waals surface area contributed by atoms with Gasteiger partial charge in [0.2, 0.25) is 5.88 Å². The lowest BCUT2D eigenvalue weighted by Crippen LogP contribution is -2.40. The molecule has 0 aliphatic heterocycles. The second-order valence-electron chi connectivity index (χ2n) is 5.20. The summed E-state index contributed by atoms with van der Waals surface area (Å²) < 4.78 is 19.1. The Hall–Kier alpha value is -1.43. The van der Waals surface area contributed by atoms with Crippen molar-refractivity contribution in [2.75, 3.05) is 13.2 Å². The van der Waals surface area contributed by atoms with Gasteiger partial charge in [0.05, 0.1) is 18.3 Å². The number of carbonyl (C=O) groups is 1. The minimum Gasteiger partial charge on any atom is -0.475 e. The zero-order valence-corrected chi connectivity index (χ0v) is 13.0. The second-order valence-corrected chi connectivity index (χ2v) is 5.73. The molecule has 0 saturated heterocycles. The van der Waals surface area contributed by atoms with Gasteiger partial charge in [0.25, 0.3) is 0 Å². The maximum absolute atomic E-state index is 12.3. The summed E-state index contributed by atoms with van der Waals surface area (Å²) in [6, 6.07) is 0. The Kier molecular flexibility index (Phi) is 4.75. The molecule has 0 bridgehead atoms. The fourth-order valence-corrected chi connectivity index (χ4v) is 2.73. The summed E-state index contributed by atoms with van der Waals surface area (Å²) in [4.78, 5) is 12.3. The summed E-state index contributed by atoms with van der Waals surface area (Å²) in [5, 5.41) is 0. The van der Waals surface area contributed by atoms with Crippen molar-refractivity contribution in [2.45, 2.75) is 40.0 Å². The smallest absolute Gasteiger partial charge is 0.315 e. The Morgan fingerprint density at radius 3 is 2.80 bits per heavy atom. The maximum Gasteiger partial charge on any atom is 0.315 e. The predicted molar refractivity (Wildman–Crippen MR) is 76.8 cm³/mol. The molecule has 0 fully saturated rings. The molecule has 5 nitrogen and oxygen atoms in total. The number of esters is 1. The molecule has 1 unspecified atom stereocenters. The van der Waals surface area contributed by atoms with Gasteiger partial charge in [0.1, 0.15) is 17.7 Å². The summed E-state index contributed by atoms with van der Waals surface area (Å²) in [6.07, 6.45) is 4.42. The van der Waals surface area contributed by atoms with E-state index in [2.05, 4.69) is 21.7 Å². The van der Waals surface area contributed by atoms with E-state index in [1.54, 1.807) is 0 Å². The van der Waals surface area contributed by atoms with Crippen LogP contribution in [-0.2, 0) is 9.53 Å². The van der Waals surface area contributed by atoms with Crippen molar-refractivity contribution in [3.63, 3.8) is 0 Å². The third-order valence-electron chi connectivity index (χ3n) is 3.64. The topological polar surface area (TPSA) is 61.3 Å². The summed E-state index contributed by atoms with van der Waals surface area (Å²) in [7, 11) is 0. The van der Waals surface area contributed by atoms with E-state index in [4.69, 9.17) is 9.47 Å². The molecule has 1 heterocycles. The Bertz CT molecular complexity index is 512. The molecule has 20 heavy (non-hydrogen) atoms. The number of aromatic nitrogens is 2. The minimum atomic E-state index is -0.592. The molecule has 0 N–H and O–H groups in total. The fourth-order valence-electron chi connectivity index (χ4n) is 2.23. The SMILES string of the molecule is CCOC(=O)C1(COc2nsnc2C)CC=C(C)CC1. The molecule has 1 aliphatic rings. The molecule has 110 valence electrons. The highest BCUT2D eigenvalue weighted by Gasteiger charge is 2.41. The van der Waals surface area contributed by atoms with Crippen molar-refractivity contribution < 1.29 is 14.3 Å². The molecule has 0 amide bonds. The van der Waals surface area contributed by atoms with Gasteiger partial charge >= 0.3 is 5.97 Å². The first-order valence-electron chi connectivity index (χ1n) is 6.82. The number of allylic oxidation sites excluding steroid dienone is 2. The van der Waals surface area contributed by atoms with Crippen molar-refractivity contribution in [3.05, 3.63) is 17.3 Å². The minimum absolute atomic E-state index is 0.176. The first-order chi connectivity index (χ1) is 9.57. The largest absolute Gasteiger partial charge is 0.475 e. The van der Waals surface area contributed by atoms with Crippen LogP contribution in [0.4, 0.5) is 0 Å². The van der Waals surface area contributed by atoms with Crippen LogP contribution in [0.2, 0.25) is 0 Å². The van der Waals surface area contributed by atoms with Crippen molar-refractivity contribution in [1.82, 2.24) is 8.75 Å². The van der Waals surface area contributed by atoms with Gasteiger partial charge in [-0.05, 0) is 40.0 Å². The van der Waals surface area contributed by atoms with Gasteiger partial charge < -0.3 is 9.47 Å². The van der Waals surface area contributed by atoms with Crippen LogP contribution in [0.25, 0.3) is 0 Å². The van der Waals surface area contributed by atoms with Gasteiger partial charge in [-0.2, -0.15) is 4.37 Å². The molecular weight excluding hydrogens is 276 g/mol. The molecule has 0 spiro atoms. The van der Waals surface area contributed by atoms with Crippen LogP contribution >= 0.6 is 11.7 Å². The van der Waals surface area contributed by atoms with Crippen LogP contribution in [0.5, 0.6) is 5.88 Å². The Morgan fingerprint density at radius 1 is 1.45 bits per heavy atom. The number of carbonyl (C=O) groups excluding carboxylic acids is 1. The number of hydrogen-bond donors (Lipinski definition) is 0. The van der Waals surface area contributed by atoms with Crippen LogP contribution in [-0.4, -0.2) is 27.9 Å². The van der Waals surface area contributed by atoms with Gasteiger partial charge in [-0.3, -0.25) is 4.79 Å². The molecule has 1 aromatic rings. The number of ether oxygens (including phenoxy) is 2. The van der Waals surface area contributed by atoms with Gasteiger partial charge in [-0.15, -0.1) is 4.37 Å². The Morgan fingerprint density at radius 2 is 2.25 bits per heavy atom. The van der Waals surface area contributed by atoms with Crippen LogP contribution < -0.4 is 4.74 Å². The number of aryl methyl sites for hydroxylation is 1. The van der Waals surface area contributed by atoms with Gasteiger partial charge in [0.15, 0.2) is 0 Å². The molecule has 2 rings (SSSR count). The van der Waals surface area contributed by atoms with Crippen molar-refractivity contribution in [1.29, 1.82) is 0 Å². The zero-order valence-electron chi connectivity index (χ0n) is 12.1. The van der Waals surface area contributed by atoms with E-state index in [0.717, 1.165) is 30.3 Å². The molecule has 0 radical (unpaired) electrons. The van der Waals surface area contributed by atoms with E-state index in [-0.39, 0.29) is 5.97 Å². The lowest BCUT2D eigenvalue weighted by Gasteiger charge is -2.33. The molecule has 0 aromatic carbocycles. The van der Waals surface area contributed by atoms with Crippen molar-refractivity contribution in [3.8, 4) is 5.88 Å². The highest BCUT2D eigenvalue weighted by Crippen LogP contribution is 2.37. The third-order valence-corrected chi connectivity index (χ3v) is 4.25. The number of rotatable bonds is 5. The molecule has 1 aliphatic carbocycles. The number of nitrogens with zero attached hydrogens (tertiary/aromatic N) is 2. The van der Waals surface area contributed by atoms with E-state index in [0.29, 0.717) is 25.5 Å². The molecule has 1 atom stereocenters. The van der Waals surface area contributed by atoms with E-state index in [1.165, 1.54) is 5.57 Å². The van der Waals surface area contributed by atoms with Crippen LogP contribution in [0.1, 0.15) is 38.8 Å². The van der Waals surface area contributed by atoms with Crippen LogP contribution in [0.3, 0.4) is 0 Å². The van der Waals surface area contributed by atoms with E-state index >= 15 is 0 Å².